The number of rotatable bonds is 3. The zero-order chi connectivity index (χ0) is 13.2. The van der Waals surface area contributed by atoms with Crippen molar-refractivity contribution < 1.29 is 10.0 Å². The Morgan fingerprint density at radius 2 is 2.53 bits per heavy atom. The van der Waals surface area contributed by atoms with Gasteiger partial charge < -0.3 is 10.0 Å². The van der Waals surface area contributed by atoms with Gasteiger partial charge in [0.05, 0.1) is 11.4 Å². The number of nitrogens with one attached hydrogen (secondary N) is 2. The molecule has 1 fully saturated rings. The van der Waals surface area contributed by atoms with Gasteiger partial charge in [0.25, 0.3) is 0 Å². The molecule has 0 spiro atoms. The molecule has 19 heavy (non-hydrogen) atoms. The molecule has 0 aromatic carbocycles. The number of hydrogen-bond acceptors (Lipinski definition) is 4. The molecular formula is C12H17N4OS2+. The average Bonchev–Trinajstić information content (AvgIpc) is 3.00. The second kappa shape index (κ2) is 5.54. The molecule has 1 aliphatic heterocycles. The van der Waals surface area contributed by atoms with Crippen LogP contribution in [0.25, 0.3) is 10.7 Å². The van der Waals surface area contributed by atoms with Crippen molar-refractivity contribution in [3.05, 3.63) is 22.3 Å². The van der Waals surface area contributed by atoms with Gasteiger partial charge in [0, 0.05) is 0 Å². The summed E-state index contributed by atoms with van der Waals surface area (Å²) >= 11 is 6.94. The zero-order valence-electron chi connectivity index (χ0n) is 10.5. The largest absolute Gasteiger partial charge is 0.387 e. The predicted molar refractivity (Wildman–Crippen MR) is 76.7 cm³/mol. The Balaban J connectivity index is 1.76. The Bertz CT molecular complexity index is 589. The van der Waals surface area contributed by atoms with Crippen LogP contribution < -0.4 is 4.90 Å². The number of aromatic amines is 1. The van der Waals surface area contributed by atoms with Gasteiger partial charge in [0.2, 0.25) is 4.77 Å². The van der Waals surface area contributed by atoms with Crippen molar-refractivity contribution in [2.24, 2.45) is 0 Å². The highest BCUT2D eigenvalue weighted by Crippen LogP contribution is 2.20. The van der Waals surface area contributed by atoms with E-state index in [1.807, 2.05) is 22.2 Å². The van der Waals surface area contributed by atoms with E-state index < -0.39 is 0 Å². The number of aliphatic hydroxyl groups excluding tert-OH is 1. The molecule has 1 saturated heterocycles. The summed E-state index contributed by atoms with van der Waals surface area (Å²) in [5, 5.41) is 15.0. The maximum Gasteiger partial charge on any atom is 0.221 e. The molecule has 3 N–H and O–H groups in total. The number of quaternary nitrogens is 1. The maximum atomic E-state index is 9.70. The van der Waals surface area contributed by atoms with Crippen LogP contribution in [0.15, 0.2) is 17.5 Å². The first-order chi connectivity index (χ1) is 9.22. The van der Waals surface area contributed by atoms with Gasteiger partial charge in [-0.3, -0.25) is 5.10 Å². The van der Waals surface area contributed by atoms with E-state index in [0.29, 0.717) is 4.77 Å². The summed E-state index contributed by atoms with van der Waals surface area (Å²) in [6, 6.07) is 4.03. The molecule has 0 aliphatic carbocycles. The summed E-state index contributed by atoms with van der Waals surface area (Å²) in [5.74, 6) is 0.831. The van der Waals surface area contributed by atoms with Crippen LogP contribution in [0.2, 0.25) is 0 Å². The molecule has 102 valence electrons. The lowest BCUT2D eigenvalue weighted by Crippen LogP contribution is -3.13. The molecule has 7 heteroatoms. The Morgan fingerprint density at radius 3 is 3.26 bits per heavy atom. The lowest BCUT2D eigenvalue weighted by Gasteiger charge is -2.26. The lowest BCUT2D eigenvalue weighted by molar-refractivity contribution is -0.931. The summed E-state index contributed by atoms with van der Waals surface area (Å²) in [6.45, 7) is 2.61. The first-order valence-corrected chi connectivity index (χ1v) is 7.73. The van der Waals surface area contributed by atoms with E-state index in [-0.39, 0.29) is 6.10 Å². The second-order valence-corrected chi connectivity index (χ2v) is 6.23. The van der Waals surface area contributed by atoms with Crippen LogP contribution in [0.1, 0.15) is 12.8 Å². The first-order valence-electron chi connectivity index (χ1n) is 6.45. The average molecular weight is 297 g/mol. The van der Waals surface area contributed by atoms with Crippen molar-refractivity contribution in [1.29, 1.82) is 0 Å². The van der Waals surface area contributed by atoms with Crippen LogP contribution in [0.5, 0.6) is 0 Å². The minimum Gasteiger partial charge on any atom is -0.387 e. The molecule has 2 aromatic heterocycles. The summed E-state index contributed by atoms with van der Waals surface area (Å²) in [6.07, 6.45) is 1.80. The molecule has 0 amide bonds. The quantitative estimate of drug-likeness (QED) is 0.730. The SMILES string of the molecule is O[C@H]1CCC[NH+](Cn2[nH]c(-c3cccs3)nc2=S)C1. The molecule has 0 saturated carbocycles. The van der Waals surface area contributed by atoms with Crippen LogP contribution in [0.3, 0.4) is 0 Å². The molecule has 0 bridgehead atoms. The van der Waals surface area contributed by atoms with Gasteiger partial charge in [0.1, 0.15) is 12.6 Å². The van der Waals surface area contributed by atoms with Crippen molar-refractivity contribution in [2.45, 2.75) is 25.6 Å². The van der Waals surface area contributed by atoms with Crippen molar-refractivity contribution in [3.8, 4) is 10.7 Å². The van der Waals surface area contributed by atoms with Crippen molar-refractivity contribution in [1.82, 2.24) is 14.8 Å². The van der Waals surface area contributed by atoms with E-state index in [1.165, 1.54) is 4.90 Å². The number of H-pyrrole nitrogens is 1. The molecule has 3 heterocycles. The highest BCUT2D eigenvalue weighted by molar-refractivity contribution is 7.71. The van der Waals surface area contributed by atoms with E-state index in [1.54, 1.807) is 11.3 Å². The van der Waals surface area contributed by atoms with E-state index in [4.69, 9.17) is 12.2 Å². The number of aliphatic hydroxyl groups is 1. The van der Waals surface area contributed by atoms with Crippen molar-refractivity contribution in [2.75, 3.05) is 13.1 Å². The smallest absolute Gasteiger partial charge is 0.221 e. The molecule has 2 atom stereocenters. The Morgan fingerprint density at radius 1 is 1.63 bits per heavy atom. The molecule has 2 aromatic rings. The molecule has 1 aliphatic rings. The van der Waals surface area contributed by atoms with Crippen molar-refractivity contribution in [3.63, 3.8) is 0 Å². The predicted octanol–water partition coefficient (Wildman–Crippen LogP) is 0.666. The van der Waals surface area contributed by atoms with Gasteiger partial charge >= 0.3 is 0 Å². The number of nitrogens with zero attached hydrogens (tertiary/aromatic N) is 2. The second-order valence-electron chi connectivity index (χ2n) is 4.92. The van der Waals surface area contributed by atoms with Crippen molar-refractivity contribution >= 4 is 23.6 Å². The van der Waals surface area contributed by atoms with Gasteiger partial charge in [-0.2, -0.15) is 4.98 Å². The topological polar surface area (TPSA) is 58.3 Å². The minimum absolute atomic E-state index is 0.183. The Kier molecular flexibility index (Phi) is 3.79. The van der Waals surface area contributed by atoms with Gasteiger partial charge in [-0.25, -0.2) is 4.68 Å². The fourth-order valence-electron chi connectivity index (χ4n) is 2.48. The minimum atomic E-state index is -0.183. The summed E-state index contributed by atoms with van der Waals surface area (Å²) in [7, 11) is 0. The van der Waals surface area contributed by atoms with Crippen LogP contribution >= 0.6 is 23.6 Å². The highest BCUT2D eigenvalue weighted by Gasteiger charge is 2.21. The van der Waals surface area contributed by atoms with Crippen LogP contribution in [0, 0.1) is 4.77 Å². The maximum absolute atomic E-state index is 9.70. The number of thiophene rings is 1. The van der Waals surface area contributed by atoms with Crippen LogP contribution in [-0.4, -0.2) is 39.1 Å². The first kappa shape index (κ1) is 13.0. The van der Waals surface area contributed by atoms with E-state index in [0.717, 1.165) is 43.3 Å². The molecule has 5 nitrogen and oxygen atoms in total. The molecular weight excluding hydrogens is 280 g/mol. The number of piperidine rings is 1. The summed E-state index contributed by atoms with van der Waals surface area (Å²) in [5.41, 5.74) is 0. The number of aromatic nitrogens is 3. The summed E-state index contributed by atoms with van der Waals surface area (Å²) < 4.78 is 2.48. The third kappa shape index (κ3) is 2.94. The fraction of sp³-hybridized carbons (Fsp3) is 0.500. The molecule has 0 radical (unpaired) electrons. The third-order valence-electron chi connectivity index (χ3n) is 3.41. The van der Waals surface area contributed by atoms with Gasteiger partial charge in [-0.05, 0) is 36.5 Å². The Hall–Kier alpha value is -1.02. The van der Waals surface area contributed by atoms with E-state index in [9.17, 15) is 5.11 Å². The lowest BCUT2D eigenvalue weighted by atomic mass is 10.1. The molecule has 1 unspecified atom stereocenters. The van der Waals surface area contributed by atoms with Gasteiger partial charge in [-0.1, -0.05) is 6.07 Å². The summed E-state index contributed by atoms with van der Waals surface area (Å²) in [4.78, 5) is 6.83. The zero-order valence-corrected chi connectivity index (χ0v) is 12.1. The number of hydrogen-bond donors (Lipinski definition) is 3. The van der Waals surface area contributed by atoms with E-state index in [2.05, 4.69) is 10.1 Å². The van der Waals surface area contributed by atoms with Crippen LogP contribution in [-0.2, 0) is 6.67 Å². The third-order valence-corrected chi connectivity index (χ3v) is 4.60. The number of likely N-dealkylation sites (tertiary alicyclic amines) is 1. The fourth-order valence-corrected chi connectivity index (χ4v) is 3.34. The van der Waals surface area contributed by atoms with Crippen LogP contribution in [0.4, 0.5) is 0 Å². The van der Waals surface area contributed by atoms with Gasteiger partial charge in [-0.15, -0.1) is 11.3 Å². The Labute approximate surface area is 120 Å². The highest BCUT2D eigenvalue weighted by atomic mass is 32.1. The van der Waals surface area contributed by atoms with E-state index >= 15 is 0 Å². The molecule has 3 rings (SSSR count). The monoisotopic (exact) mass is 297 g/mol. The van der Waals surface area contributed by atoms with Gasteiger partial charge in [0.15, 0.2) is 12.5 Å². The normalized spacial score (nSPS) is 23.6. The standard InChI is InChI=1S/C12H16N4OS2/c17-9-3-1-5-15(7-9)8-16-12(18)13-11(14-16)10-4-2-6-19-10/h2,4,6,9,17H,1,3,5,7-8H2,(H,13,14,18)/p+1/t9-/m0/s1.